The van der Waals surface area contributed by atoms with Gasteiger partial charge in [0.05, 0.1) is 6.04 Å². The second-order valence-corrected chi connectivity index (χ2v) is 6.05. The lowest BCUT2D eigenvalue weighted by atomic mass is 10.3. The van der Waals surface area contributed by atoms with Gasteiger partial charge in [0.1, 0.15) is 5.01 Å². The van der Waals surface area contributed by atoms with Crippen LogP contribution in [0.4, 0.5) is 5.13 Å². The number of anilines is 1. The lowest BCUT2D eigenvalue weighted by molar-refractivity contribution is 0.889. The molecular formula is C11H15N3S2. The molecule has 16 heavy (non-hydrogen) atoms. The quantitative estimate of drug-likeness (QED) is 0.904. The standard InChI is InChI=1S/C11H15N3S2/c1-4-10-13-14-11(16-10)12-8(3)9-6-5-7(2)15-9/h5-6,8H,4H2,1-3H3,(H,12,14). The van der Waals surface area contributed by atoms with Crippen molar-refractivity contribution < 1.29 is 0 Å². The fourth-order valence-electron chi connectivity index (χ4n) is 1.40. The molecule has 0 fully saturated rings. The first kappa shape index (κ1) is 11.5. The number of hydrogen-bond acceptors (Lipinski definition) is 5. The molecule has 0 aliphatic carbocycles. The maximum atomic E-state index is 4.12. The zero-order chi connectivity index (χ0) is 11.5. The highest BCUT2D eigenvalue weighted by Crippen LogP contribution is 2.27. The summed E-state index contributed by atoms with van der Waals surface area (Å²) in [5, 5.41) is 13.6. The predicted molar refractivity (Wildman–Crippen MR) is 70.4 cm³/mol. The van der Waals surface area contributed by atoms with Gasteiger partial charge in [0.15, 0.2) is 0 Å². The fourth-order valence-corrected chi connectivity index (χ4v) is 3.04. The highest BCUT2D eigenvalue weighted by molar-refractivity contribution is 7.15. The molecule has 1 atom stereocenters. The molecule has 1 N–H and O–H groups in total. The van der Waals surface area contributed by atoms with Crippen molar-refractivity contribution in [1.29, 1.82) is 0 Å². The number of rotatable bonds is 4. The number of nitrogens with zero attached hydrogens (tertiary/aromatic N) is 2. The first-order valence-electron chi connectivity index (χ1n) is 5.34. The third kappa shape index (κ3) is 2.59. The monoisotopic (exact) mass is 253 g/mol. The van der Waals surface area contributed by atoms with Crippen molar-refractivity contribution in [2.45, 2.75) is 33.2 Å². The van der Waals surface area contributed by atoms with Gasteiger partial charge in [0.25, 0.3) is 0 Å². The van der Waals surface area contributed by atoms with Gasteiger partial charge in [-0.25, -0.2) is 0 Å². The molecule has 2 aromatic rings. The summed E-state index contributed by atoms with van der Waals surface area (Å²) in [6.45, 7) is 6.37. The van der Waals surface area contributed by atoms with Crippen molar-refractivity contribution in [3.63, 3.8) is 0 Å². The first-order chi connectivity index (χ1) is 7.69. The highest BCUT2D eigenvalue weighted by Gasteiger charge is 2.10. The Hall–Kier alpha value is -0.940. The average molecular weight is 253 g/mol. The molecular weight excluding hydrogens is 238 g/mol. The Morgan fingerprint density at radius 1 is 1.31 bits per heavy atom. The maximum Gasteiger partial charge on any atom is 0.206 e. The zero-order valence-electron chi connectivity index (χ0n) is 9.65. The van der Waals surface area contributed by atoms with E-state index in [9.17, 15) is 0 Å². The molecule has 0 aromatic carbocycles. The lowest BCUT2D eigenvalue weighted by Gasteiger charge is -2.09. The summed E-state index contributed by atoms with van der Waals surface area (Å²) in [7, 11) is 0. The number of nitrogens with one attached hydrogen (secondary N) is 1. The molecule has 0 saturated carbocycles. The van der Waals surface area contributed by atoms with Crippen LogP contribution in [-0.4, -0.2) is 10.2 Å². The summed E-state index contributed by atoms with van der Waals surface area (Å²) in [4.78, 5) is 2.68. The molecule has 0 bridgehead atoms. The van der Waals surface area contributed by atoms with Crippen molar-refractivity contribution >= 4 is 27.8 Å². The third-order valence-corrected chi connectivity index (χ3v) is 4.48. The molecule has 0 radical (unpaired) electrons. The van der Waals surface area contributed by atoms with Crippen LogP contribution in [0.1, 0.15) is 34.7 Å². The largest absolute Gasteiger partial charge is 0.353 e. The number of hydrogen-bond donors (Lipinski definition) is 1. The van der Waals surface area contributed by atoms with E-state index in [1.165, 1.54) is 9.75 Å². The van der Waals surface area contributed by atoms with Crippen LogP contribution in [0.2, 0.25) is 0 Å². The van der Waals surface area contributed by atoms with Gasteiger partial charge in [-0.2, -0.15) is 0 Å². The first-order valence-corrected chi connectivity index (χ1v) is 6.97. The number of thiophene rings is 1. The van der Waals surface area contributed by atoms with E-state index in [-0.39, 0.29) is 0 Å². The maximum absolute atomic E-state index is 4.12. The van der Waals surface area contributed by atoms with E-state index in [1.807, 2.05) is 11.3 Å². The van der Waals surface area contributed by atoms with Gasteiger partial charge in [-0.3, -0.25) is 0 Å². The summed E-state index contributed by atoms with van der Waals surface area (Å²) in [5.41, 5.74) is 0. The summed E-state index contributed by atoms with van der Waals surface area (Å²) >= 11 is 3.46. The van der Waals surface area contributed by atoms with Crippen LogP contribution in [0.3, 0.4) is 0 Å². The molecule has 0 saturated heterocycles. The van der Waals surface area contributed by atoms with Crippen molar-refractivity contribution in [3.8, 4) is 0 Å². The Labute approximate surface area is 104 Å². The summed E-state index contributed by atoms with van der Waals surface area (Å²) in [6, 6.07) is 4.62. The van der Waals surface area contributed by atoms with Crippen LogP contribution < -0.4 is 5.32 Å². The minimum absolute atomic E-state index is 0.302. The van der Waals surface area contributed by atoms with Crippen LogP contribution in [0.15, 0.2) is 12.1 Å². The average Bonchev–Trinajstić information content (AvgIpc) is 2.87. The molecule has 86 valence electrons. The molecule has 3 nitrogen and oxygen atoms in total. The van der Waals surface area contributed by atoms with E-state index in [0.29, 0.717) is 6.04 Å². The van der Waals surface area contributed by atoms with Crippen LogP contribution in [0, 0.1) is 6.92 Å². The molecule has 0 aliphatic heterocycles. The minimum atomic E-state index is 0.302. The smallest absolute Gasteiger partial charge is 0.206 e. The molecule has 0 spiro atoms. The molecule has 2 aromatic heterocycles. The van der Waals surface area contributed by atoms with E-state index < -0.39 is 0 Å². The Morgan fingerprint density at radius 2 is 2.12 bits per heavy atom. The van der Waals surface area contributed by atoms with Gasteiger partial charge in [0, 0.05) is 9.75 Å². The van der Waals surface area contributed by atoms with Crippen LogP contribution in [0.25, 0.3) is 0 Å². The third-order valence-electron chi connectivity index (χ3n) is 2.30. The van der Waals surface area contributed by atoms with Gasteiger partial charge < -0.3 is 5.32 Å². The van der Waals surface area contributed by atoms with Gasteiger partial charge in [-0.1, -0.05) is 18.3 Å². The van der Waals surface area contributed by atoms with E-state index in [1.54, 1.807) is 11.3 Å². The normalized spacial score (nSPS) is 12.7. The van der Waals surface area contributed by atoms with Gasteiger partial charge in [-0.05, 0) is 32.4 Å². The lowest BCUT2D eigenvalue weighted by Crippen LogP contribution is -2.04. The van der Waals surface area contributed by atoms with Gasteiger partial charge in [-0.15, -0.1) is 21.5 Å². The van der Waals surface area contributed by atoms with Crippen molar-refractivity contribution in [3.05, 3.63) is 26.9 Å². The molecule has 2 rings (SSSR count). The second kappa shape index (κ2) is 4.93. The van der Waals surface area contributed by atoms with Crippen molar-refractivity contribution in [2.24, 2.45) is 0 Å². The summed E-state index contributed by atoms with van der Waals surface area (Å²) < 4.78 is 0. The zero-order valence-corrected chi connectivity index (χ0v) is 11.3. The van der Waals surface area contributed by atoms with E-state index in [0.717, 1.165) is 16.6 Å². The van der Waals surface area contributed by atoms with E-state index in [2.05, 4.69) is 48.4 Å². The summed E-state index contributed by atoms with van der Waals surface area (Å²) in [5.74, 6) is 0. The van der Waals surface area contributed by atoms with E-state index in [4.69, 9.17) is 0 Å². The Bertz CT molecular complexity index is 461. The number of aryl methyl sites for hydroxylation is 2. The van der Waals surface area contributed by atoms with Gasteiger partial charge >= 0.3 is 0 Å². The fraction of sp³-hybridized carbons (Fsp3) is 0.455. The van der Waals surface area contributed by atoms with Crippen molar-refractivity contribution in [1.82, 2.24) is 10.2 Å². The molecule has 2 heterocycles. The predicted octanol–water partition coefficient (Wildman–Crippen LogP) is 3.64. The topological polar surface area (TPSA) is 37.8 Å². The molecule has 0 amide bonds. The van der Waals surface area contributed by atoms with Gasteiger partial charge in [0.2, 0.25) is 5.13 Å². The Kier molecular flexibility index (Phi) is 3.56. The number of aromatic nitrogens is 2. The second-order valence-electron chi connectivity index (χ2n) is 3.67. The molecule has 5 heteroatoms. The Balaban J connectivity index is 2.04. The minimum Gasteiger partial charge on any atom is -0.353 e. The highest BCUT2D eigenvalue weighted by atomic mass is 32.1. The Morgan fingerprint density at radius 3 is 2.69 bits per heavy atom. The van der Waals surface area contributed by atoms with Crippen LogP contribution in [0.5, 0.6) is 0 Å². The van der Waals surface area contributed by atoms with Crippen LogP contribution >= 0.6 is 22.7 Å². The summed E-state index contributed by atoms with van der Waals surface area (Å²) in [6.07, 6.45) is 0.950. The van der Waals surface area contributed by atoms with Crippen molar-refractivity contribution in [2.75, 3.05) is 5.32 Å². The molecule has 1 unspecified atom stereocenters. The van der Waals surface area contributed by atoms with E-state index >= 15 is 0 Å². The van der Waals surface area contributed by atoms with Crippen LogP contribution in [-0.2, 0) is 6.42 Å². The molecule has 0 aliphatic rings. The SMILES string of the molecule is CCc1nnc(NC(C)c2ccc(C)s2)s1.